The van der Waals surface area contributed by atoms with Gasteiger partial charge in [-0.15, -0.1) is 12.4 Å². The maximum atomic E-state index is 12.2. The van der Waals surface area contributed by atoms with Crippen molar-refractivity contribution in [3.05, 3.63) is 33.8 Å². The summed E-state index contributed by atoms with van der Waals surface area (Å²) in [6.07, 6.45) is 2.14. The lowest BCUT2D eigenvalue weighted by atomic mass is 9.99. The number of amides is 1. The van der Waals surface area contributed by atoms with Gasteiger partial charge < -0.3 is 10.6 Å². The molecule has 1 saturated heterocycles. The number of hydrogen-bond donors (Lipinski definition) is 2. The summed E-state index contributed by atoms with van der Waals surface area (Å²) >= 11 is 11.9. The summed E-state index contributed by atoms with van der Waals surface area (Å²) in [7, 11) is 0. The van der Waals surface area contributed by atoms with E-state index >= 15 is 0 Å². The van der Waals surface area contributed by atoms with E-state index < -0.39 is 0 Å². The van der Waals surface area contributed by atoms with Crippen molar-refractivity contribution in [3.8, 4) is 0 Å². The molecule has 1 amide bonds. The molecule has 1 aliphatic rings. The molecule has 3 nitrogen and oxygen atoms in total. The van der Waals surface area contributed by atoms with Gasteiger partial charge >= 0.3 is 0 Å². The van der Waals surface area contributed by atoms with Gasteiger partial charge in [0.05, 0.1) is 16.0 Å². The summed E-state index contributed by atoms with van der Waals surface area (Å²) < 4.78 is 0. The van der Waals surface area contributed by atoms with Crippen LogP contribution in [0.1, 0.15) is 31.2 Å². The predicted octanol–water partition coefficient (Wildman–Crippen LogP) is 3.39. The first-order chi connectivity index (χ1) is 9.08. The molecular formula is C14H19Cl3N2O. The number of piperidine rings is 1. The van der Waals surface area contributed by atoms with Gasteiger partial charge in [0, 0.05) is 12.6 Å². The number of nitrogens with one attached hydrogen (secondary N) is 2. The van der Waals surface area contributed by atoms with Crippen LogP contribution < -0.4 is 10.6 Å². The molecule has 0 saturated carbocycles. The molecule has 1 aliphatic heterocycles. The Morgan fingerprint density at radius 1 is 1.40 bits per heavy atom. The largest absolute Gasteiger partial charge is 0.352 e. The van der Waals surface area contributed by atoms with Crippen molar-refractivity contribution in [1.82, 2.24) is 10.6 Å². The molecule has 0 aliphatic carbocycles. The van der Waals surface area contributed by atoms with Gasteiger partial charge in [-0.25, -0.2) is 0 Å². The van der Waals surface area contributed by atoms with Crippen molar-refractivity contribution in [3.63, 3.8) is 0 Å². The standard InChI is InChI=1S/C14H18Cl2N2O.ClH/c1-9(10-4-5-12(15)13(16)7-10)14(19)18-11-3-2-6-17-8-11;/h4-5,7,9,11,17H,2-3,6,8H2,1H3,(H,18,19);1H/t9?,11-;/m0./s1. The number of hydrogen-bond acceptors (Lipinski definition) is 2. The van der Waals surface area contributed by atoms with E-state index in [1.54, 1.807) is 12.1 Å². The summed E-state index contributed by atoms with van der Waals surface area (Å²) in [4.78, 5) is 12.2. The Kier molecular flexibility index (Phi) is 7.10. The molecule has 20 heavy (non-hydrogen) atoms. The highest BCUT2D eigenvalue weighted by Gasteiger charge is 2.20. The molecule has 112 valence electrons. The van der Waals surface area contributed by atoms with Crippen LogP contribution in [0.5, 0.6) is 0 Å². The average molecular weight is 338 g/mol. The van der Waals surface area contributed by atoms with Crippen molar-refractivity contribution < 1.29 is 4.79 Å². The van der Waals surface area contributed by atoms with E-state index in [2.05, 4.69) is 10.6 Å². The molecule has 0 radical (unpaired) electrons. The first-order valence-corrected chi connectivity index (χ1v) is 7.29. The average Bonchev–Trinajstić information content (AvgIpc) is 2.42. The monoisotopic (exact) mass is 336 g/mol. The zero-order chi connectivity index (χ0) is 13.8. The van der Waals surface area contributed by atoms with E-state index in [1.807, 2.05) is 13.0 Å². The number of benzene rings is 1. The first-order valence-electron chi connectivity index (χ1n) is 6.54. The van der Waals surface area contributed by atoms with Gasteiger partial charge in [0.1, 0.15) is 0 Å². The van der Waals surface area contributed by atoms with Crippen LogP contribution in [-0.4, -0.2) is 25.0 Å². The van der Waals surface area contributed by atoms with Crippen LogP contribution in [0.4, 0.5) is 0 Å². The smallest absolute Gasteiger partial charge is 0.227 e. The molecule has 1 fully saturated rings. The maximum absolute atomic E-state index is 12.2. The summed E-state index contributed by atoms with van der Waals surface area (Å²) in [6.45, 7) is 3.76. The number of carbonyl (C=O) groups excluding carboxylic acids is 1. The van der Waals surface area contributed by atoms with E-state index in [1.165, 1.54) is 0 Å². The number of rotatable bonds is 3. The third-order valence-corrected chi connectivity index (χ3v) is 4.22. The van der Waals surface area contributed by atoms with Crippen LogP contribution in [-0.2, 0) is 4.79 Å². The summed E-state index contributed by atoms with van der Waals surface area (Å²) in [5.41, 5.74) is 0.885. The number of carbonyl (C=O) groups is 1. The second-order valence-corrected chi connectivity index (χ2v) is 5.76. The van der Waals surface area contributed by atoms with Crippen molar-refractivity contribution >= 4 is 41.5 Å². The third kappa shape index (κ3) is 4.52. The van der Waals surface area contributed by atoms with Crippen LogP contribution in [0.3, 0.4) is 0 Å². The lowest BCUT2D eigenvalue weighted by Crippen LogP contribution is -2.46. The molecule has 2 atom stereocenters. The van der Waals surface area contributed by atoms with E-state index in [4.69, 9.17) is 23.2 Å². The van der Waals surface area contributed by atoms with Gasteiger partial charge in [-0.2, -0.15) is 0 Å². The van der Waals surface area contributed by atoms with Crippen LogP contribution in [0.25, 0.3) is 0 Å². The molecular weight excluding hydrogens is 319 g/mol. The Balaban J connectivity index is 0.00000200. The van der Waals surface area contributed by atoms with Crippen molar-refractivity contribution in [1.29, 1.82) is 0 Å². The predicted molar refractivity (Wildman–Crippen MR) is 86.2 cm³/mol. The Hall–Kier alpha value is -0.480. The van der Waals surface area contributed by atoms with Gasteiger partial charge in [-0.1, -0.05) is 29.3 Å². The Bertz CT molecular complexity index is 462. The highest BCUT2D eigenvalue weighted by Crippen LogP contribution is 2.26. The van der Waals surface area contributed by atoms with E-state index in [0.717, 1.165) is 31.5 Å². The third-order valence-electron chi connectivity index (χ3n) is 3.48. The van der Waals surface area contributed by atoms with Crippen LogP contribution in [0.2, 0.25) is 10.0 Å². The number of halogens is 3. The molecule has 1 aromatic rings. The van der Waals surface area contributed by atoms with Crippen molar-refractivity contribution in [2.45, 2.75) is 31.7 Å². The Morgan fingerprint density at radius 3 is 2.75 bits per heavy atom. The highest BCUT2D eigenvalue weighted by atomic mass is 35.5. The van der Waals surface area contributed by atoms with E-state index in [-0.39, 0.29) is 30.3 Å². The van der Waals surface area contributed by atoms with Gasteiger partial charge in [-0.3, -0.25) is 4.79 Å². The van der Waals surface area contributed by atoms with E-state index in [9.17, 15) is 4.79 Å². The summed E-state index contributed by atoms with van der Waals surface area (Å²) in [5, 5.41) is 7.35. The lowest BCUT2D eigenvalue weighted by molar-refractivity contribution is -0.123. The van der Waals surface area contributed by atoms with Gasteiger partial charge in [0.2, 0.25) is 5.91 Å². The van der Waals surface area contributed by atoms with Gasteiger partial charge in [-0.05, 0) is 44.0 Å². The molecule has 2 rings (SSSR count). The molecule has 1 heterocycles. The normalized spacial score (nSPS) is 19.9. The molecule has 1 unspecified atom stereocenters. The topological polar surface area (TPSA) is 41.1 Å². The van der Waals surface area contributed by atoms with E-state index in [0.29, 0.717) is 10.0 Å². The van der Waals surface area contributed by atoms with Crippen LogP contribution in [0, 0.1) is 0 Å². The van der Waals surface area contributed by atoms with Crippen LogP contribution in [0.15, 0.2) is 18.2 Å². The van der Waals surface area contributed by atoms with Gasteiger partial charge in [0.15, 0.2) is 0 Å². The maximum Gasteiger partial charge on any atom is 0.227 e. The van der Waals surface area contributed by atoms with Crippen molar-refractivity contribution in [2.75, 3.05) is 13.1 Å². The van der Waals surface area contributed by atoms with Gasteiger partial charge in [0.25, 0.3) is 0 Å². The Morgan fingerprint density at radius 2 is 2.15 bits per heavy atom. The summed E-state index contributed by atoms with van der Waals surface area (Å²) in [6, 6.07) is 5.56. The Labute approximate surface area is 135 Å². The second-order valence-electron chi connectivity index (χ2n) is 4.95. The quantitative estimate of drug-likeness (QED) is 0.887. The van der Waals surface area contributed by atoms with Crippen molar-refractivity contribution in [2.24, 2.45) is 0 Å². The minimum atomic E-state index is -0.225. The first kappa shape index (κ1) is 17.6. The minimum absolute atomic E-state index is 0. The zero-order valence-corrected chi connectivity index (χ0v) is 13.6. The zero-order valence-electron chi connectivity index (χ0n) is 11.3. The fourth-order valence-electron chi connectivity index (χ4n) is 2.23. The molecule has 2 N–H and O–H groups in total. The van der Waals surface area contributed by atoms with Crippen LogP contribution >= 0.6 is 35.6 Å². The molecule has 0 bridgehead atoms. The highest BCUT2D eigenvalue weighted by molar-refractivity contribution is 6.42. The molecule has 6 heteroatoms. The second kappa shape index (κ2) is 8.08. The molecule has 0 aromatic heterocycles. The fraction of sp³-hybridized carbons (Fsp3) is 0.500. The minimum Gasteiger partial charge on any atom is -0.352 e. The molecule has 1 aromatic carbocycles. The SMILES string of the molecule is CC(C(=O)N[C@H]1CCCNC1)c1ccc(Cl)c(Cl)c1.Cl. The lowest BCUT2D eigenvalue weighted by Gasteiger charge is -2.25. The fourth-order valence-corrected chi connectivity index (χ4v) is 2.54. The summed E-state index contributed by atoms with van der Waals surface area (Å²) in [5.74, 6) is -0.191. The molecule has 0 spiro atoms.